The highest BCUT2D eigenvalue weighted by Crippen LogP contribution is 2.23. The summed E-state index contributed by atoms with van der Waals surface area (Å²) in [5.74, 6) is 0.765. The lowest BCUT2D eigenvalue weighted by Crippen LogP contribution is -2.18. The Labute approximate surface area is 149 Å². The Kier molecular flexibility index (Phi) is 4.84. The number of para-hydroxylation sites is 1. The van der Waals surface area contributed by atoms with Gasteiger partial charge in [-0.15, -0.1) is 0 Å². The Bertz CT molecular complexity index is 973. The Morgan fingerprint density at radius 2 is 1.79 bits per heavy atom. The minimum absolute atomic E-state index is 0.251. The summed E-state index contributed by atoms with van der Waals surface area (Å²) in [5.41, 5.74) is 1.87. The maximum atomic E-state index is 11.7. The van der Waals surface area contributed by atoms with Crippen molar-refractivity contribution in [1.82, 2.24) is 9.71 Å². The SMILES string of the molecule is CNS(=O)(=O)c1ccc(CNc2ccc3cccc(Br)c3n2)cc1. The number of anilines is 1. The van der Waals surface area contributed by atoms with E-state index in [1.807, 2.05) is 30.3 Å². The third-order valence-electron chi connectivity index (χ3n) is 3.65. The fourth-order valence-electron chi connectivity index (χ4n) is 2.31. The fourth-order valence-corrected chi connectivity index (χ4v) is 3.51. The van der Waals surface area contributed by atoms with Gasteiger partial charge in [-0.2, -0.15) is 0 Å². The van der Waals surface area contributed by atoms with Crippen LogP contribution in [0, 0.1) is 0 Å². The van der Waals surface area contributed by atoms with Crippen LogP contribution in [0.3, 0.4) is 0 Å². The van der Waals surface area contributed by atoms with Crippen molar-refractivity contribution >= 4 is 42.7 Å². The van der Waals surface area contributed by atoms with Crippen LogP contribution in [-0.4, -0.2) is 20.4 Å². The van der Waals surface area contributed by atoms with Crippen LogP contribution in [0.5, 0.6) is 0 Å². The molecule has 0 amide bonds. The Morgan fingerprint density at radius 3 is 2.50 bits per heavy atom. The van der Waals surface area contributed by atoms with E-state index in [4.69, 9.17) is 0 Å². The summed E-state index contributed by atoms with van der Waals surface area (Å²) in [6.45, 7) is 0.558. The van der Waals surface area contributed by atoms with Crippen molar-refractivity contribution < 1.29 is 8.42 Å². The molecule has 0 atom stereocenters. The van der Waals surface area contributed by atoms with Crippen LogP contribution in [0.25, 0.3) is 10.9 Å². The van der Waals surface area contributed by atoms with Crippen molar-refractivity contribution in [2.75, 3.05) is 12.4 Å². The highest BCUT2D eigenvalue weighted by Gasteiger charge is 2.10. The van der Waals surface area contributed by atoms with Gasteiger partial charge < -0.3 is 5.32 Å². The van der Waals surface area contributed by atoms with Gasteiger partial charge in [0.25, 0.3) is 0 Å². The molecule has 2 aromatic carbocycles. The molecule has 7 heteroatoms. The van der Waals surface area contributed by atoms with Gasteiger partial charge in [0.2, 0.25) is 10.0 Å². The molecule has 124 valence electrons. The van der Waals surface area contributed by atoms with E-state index in [1.54, 1.807) is 24.3 Å². The molecule has 3 rings (SSSR count). The van der Waals surface area contributed by atoms with Crippen molar-refractivity contribution in [3.05, 3.63) is 64.6 Å². The molecule has 0 fully saturated rings. The lowest BCUT2D eigenvalue weighted by Gasteiger charge is -2.08. The molecule has 3 aromatic rings. The molecule has 24 heavy (non-hydrogen) atoms. The molecule has 5 nitrogen and oxygen atoms in total. The van der Waals surface area contributed by atoms with Gasteiger partial charge >= 0.3 is 0 Å². The van der Waals surface area contributed by atoms with Crippen LogP contribution in [0.15, 0.2) is 64.0 Å². The van der Waals surface area contributed by atoms with Crippen molar-refractivity contribution in [3.63, 3.8) is 0 Å². The lowest BCUT2D eigenvalue weighted by atomic mass is 10.2. The number of nitrogens with one attached hydrogen (secondary N) is 2. The third-order valence-corrected chi connectivity index (χ3v) is 5.72. The molecule has 0 radical (unpaired) electrons. The van der Waals surface area contributed by atoms with Crippen LogP contribution < -0.4 is 10.0 Å². The van der Waals surface area contributed by atoms with Crippen molar-refractivity contribution in [1.29, 1.82) is 0 Å². The second-order valence-electron chi connectivity index (χ2n) is 5.21. The first-order chi connectivity index (χ1) is 11.5. The van der Waals surface area contributed by atoms with E-state index in [-0.39, 0.29) is 4.90 Å². The highest BCUT2D eigenvalue weighted by molar-refractivity contribution is 9.10. The summed E-state index contributed by atoms with van der Waals surface area (Å²) in [6, 6.07) is 16.6. The minimum atomic E-state index is -3.40. The second-order valence-corrected chi connectivity index (χ2v) is 7.95. The number of rotatable bonds is 5. The predicted octanol–water partition coefficient (Wildman–Crippen LogP) is 3.52. The summed E-state index contributed by atoms with van der Waals surface area (Å²) in [4.78, 5) is 4.85. The molecule has 0 unspecified atom stereocenters. The molecule has 0 aliphatic rings. The summed E-state index contributed by atoms with van der Waals surface area (Å²) in [5, 5.41) is 4.32. The van der Waals surface area contributed by atoms with Crippen LogP contribution in [0.2, 0.25) is 0 Å². The number of pyridine rings is 1. The van der Waals surface area contributed by atoms with Crippen LogP contribution in [-0.2, 0) is 16.6 Å². The smallest absolute Gasteiger partial charge is 0.240 e. The van der Waals surface area contributed by atoms with E-state index < -0.39 is 10.0 Å². The zero-order valence-electron chi connectivity index (χ0n) is 13.0. The van der Waals surface area contributed by atoms with E-state index in [1.165, 1.54) is 7.05 Å². The van der Waals surface area contributed by atoms with E-state index in [0.717, 1.165) is 26.8 Å². The van der Waals surface area contributed by atoms with Crippen molar-refractivity contribution in [2.45, 2.75) is 11.4 Å². The average Bonchev–Trinajstić information content (AvgIpc) is 2.61. The van der Waals surface area contributed by atoms with E-state index in [2.05, 4.69) is 31.0 Å². The molecule has 0 spiro atoms. The standard InChI is InChI=1S/C17H16BrN3O2S/c1-19-24(22,23)14-8-5-12(6-9-14)11-20-16-10-7-13-3-2-4-15(18)17(13)21-16/h2-10,19H,11H2,1H3,(H,20,21). The summed E-state index contributed by atoms with van der Waals surface area (Å²) >= 11 is 3.51. The molecule has 0 saturated heterocycles. The number of hydrogen-bond acceptors (Lipinski definition) is 4. The molecular formula is C17H16BrN3O2S. The van der Waals surface area contributed by atoms with E-state index in [0.29, 0.717) is 6.54 Å². The highest BCUT2D eigenvalue weighted by atomic mass is 79.9. The first-order valence-electron chi connectivity index (χ1n) is 7.31. The molecule has 0 aliphatic heterocycles. The zero-order valence-corrected chi connectivity index (χ0v) is 15.4. The Morgan fingerprint density at radius 1 is 1.04 bits per heavy atom. The van der Waals surface area contributed by atoms with Crippen LogP contribution >= 0.6 is 15.9 Å². The minimum Gasteiger partial charge on any atom is -0.366 e. The number of aromatic nitrogens is 1. The fraction of sp³-hybridized carbons (Fsp3) is 0.118. The first kappa shape index (κ1) is 16.9. The quantitative estimate of drug-likeness (QED) is 0.680. The van der Waals surface area contributed by atoms with Gasteiger partial charge in [0.15, 0.2) is 0 Å². The summed E-state index contributed by atoms with van der Waals surface area (Å²) < 4.78 is 26.7. The van der Waals surface area contributed by atoms with Crippen LogP contribution in [0.1, 0.15) is 5.56 Å². The van der Waals surface area contributed by atoms with Gasteiger partial charge in [-0.1, -0.05) is 24.3 Å². The first-order valence-corrected chi connectivity index (χ1v) is 9.59. The zero-order chi connectivity index (χ0) is 17.2. The molecule has 0 saturated carbocycles. The van der Waals surface area contributed by atoms with E-state index >= 15 is 0 Å². The molecule has 2 N–H and O–H groups in total. The van der Waals surface area contributed by atoms with Gasteiger partial charge in [0.05, 0.1) is 10.4 Å². The maximum Gasteiger partial charge on any atom is 0.240 e. The third kappa shape index (κ3) is 3.58. The molecule has 0 aliphatic carbocycles. The summed E-state index contributed by atoms with van der Waals surface area (Å²) in [6.07, 6.45) is 0. The Hall–Kier alpha value is -1.96. The number of nitrogens with zero attached hydrogens (tertiary/aromatic N) is 1. The predicted molar refractivity (Wildman–Crippen MR) is 99.5 cm³/mol. The average molecular weight is 406 g/mol. The van der Waals surface area contributed by atoms with Crippen LogP contribution in [0.4, 0.5) is 5.82 Å². The molecule has 1 aromatic heterocycles. The molecular weight excluding hydrogens is 390 g/mol. The maximum absolute atomic E-state index is 11.7. The van der Waals surface area contributed by atoms with Gasteiger partial charge in [-0.25, -0.2) is 18.1 Å². The topological polar surface area (TPSA) is 71.1 Å². The molecule has 1 heterocycles. The number of fused-ring (bicyclic) bond motifs is 1. The van der Waals surface area contributed by atoms with Crippen molar-refractivity contribution in [2.24, 2.45) is 0 Å². The lowest BCUT2D eigenvalue weighted by molar-refractivity contribution is 0.588. The van der Waals surface area contributed by atoms with E-state index in [9.17, 15) is 8.42 Å². The summed E-state index contributed by atoms with van der Waals surface area (Å²) in [7, 11) is -2.00. The molecule has 0 bridgehead atoms. The Balaban J connectivity index is 1.75. The number of sulfonamides is 1. The number of halogens is 1. The normalized spacial score (nSPS) is 11.6. The number of hydrogen-bond donors (Lipinski definition) is 2. The van der Waals surface area contributed by atoms with Gasteiger partial charge in [0, 0.05) is 16.4 Å². The number of benzene rings is 2. The van der Waals surface area contributed by atoms with Gasteiger partial charge in [-0.3, -0.25) is 0 Å². The van der Waals surface area contributed by atoms with Gasteiger partial charge in [0.1, 0.15) is 5.82 Å². The largest absolute Gasteiger partial charge is 0.366 e. The van der Waals surface area contributed by atoms with Crippen molar-refractivity contribution in [3.8, 4) is 0 Å². The second kappa shape index (κ2) is 6.88. The monoisotopic (exact) mass is 405 g/mol. The van der Waals surface area contributed by atoms with Gasteiger partial charge in [-0.05, 0) is 58.9 Å².